The number of nitrogens with zero attached hydrogens (tertiary/aromatic N) is 3. The van der Waals surface area contributed by atoms with E-state index in [1.165, 1.54) is 0 Å². The first-order valence-electron chi connectivity index (χ1n) is 11.0. The third-order valence-corrected chi connectivity index (χ3v) is 6.11. The van der Waals surface area contributed by atoms with E-state index in [0.717, 1.165) is 30.7 Å². The van der Waals surface area contributed by atoms with Crippen LogP contribution in [-0.4, -0.2) is 52.2 Å². The van der Waals surface area contributed by atoms with Crippen molar-refractivity contribution >= 4 is 17.5 Å². The molecule has 7 heteroatoms. The number of hydrogen-bond acceptors (Lipinski definition) is 6. The number of hydrogen-bond donors (Lipinski definition) is 1. The van der Waals surface area contributed by atoms with Crippen LogP contribution in [0.15, 0.2) is 73.1 Å². The van der Waals surface area contributed by atoms with Gasteiger partial charge in [-0.15, -0.1) is 0 Å². The fourth-order valence-corrected chi connectivity index (χ4v) is 4.44. The summed E-state index contributed by atoms with van der Waals surface area (Å²) in [6.07, 6.45) is 5.91. The SMILES string of the molecule is O=C(c1cccc(Nc2ncccn2)c1)N1CCC2(CC1)C[C@H](Oc1ccccc1)CO2. The molecule has 3 heterocycles. The highest BCUT2D eigenvalue weighted by Crippen LogP contribution is 2.37. The van der Waals surface area contributed by atoms with Gasteiger partial charge in [-0.25, -0.2) is 9.97 Å². The maximum Gasteiger partial charge on any atom is 0.253 e. The number of ether oxygens (including phenoxy) is 2. The highest BCUT2D eigenvalue weighted by Gasteiger charge is 2.44. The number of amides is 1. The van der Waals surface area contributed by atoms with E-state index in [0.29, 0.717) is 31.2 Å². The molecule has 2 saturated heterocycles. The quantitative estimate of drug-likeness (QED) is 0.658. The molecule has 1 amide bonds. The summed E-state index contributed by atoms with van der Waals surface area (Å²) >= 11 is 0. The summed E-state index contributed by atoms with van der Waals surface area (Å²) in [5.41, 5.74) is 1.25. The van der Waals surface area contributed by atoms with Gasteiger partial charge in [0.05, 0.1) is 12.2 Å². The highest BCUT2D eigenvalue weighted by atomic mass is 16.6. The Bertz CT molecular complexity index is 1050. The van der Waals surface area contributed by atoms with E-state index in [9.17, 15) is 4.79 Å². The monoisotopic (exact) mass is 430 g/mol. The molecule has 0 saturated carbocycles. The van der Waals surface area contributed by atoms with Crippen molar-refractivity contribution < 1.29 is 14.3 Å². The van der Waals surface area contributed by atoms with Crippen molar-refractivity contribution in [3.8, 4) is 5.75 Å². The molecule has 2 aliphatic rings. The van der Waals surface area contributed by atoms with Crippen LogP contribution in [-0.2, 0) is 4.74 Å². The van der Waals surface area contributed by atoms with Gasteiger partial charge in [-0.2, -0.15) is 0 Å². The molecule has 1 aromatic heterocycles. The van der Waals surface area contributed by atoms with Crippen molar-refractivity contribution in [3.05, 3.63) is 78.6 Å². The van der Waals surface area contributed by atoms with E-state index >= 15 is 0 Å². The number of anilines is 2. The number of rotatable bonds is 5. The summed E-state index contributed by atoms with van der Waals surface area (Å²) in [4.78, 5) is 23.4. The number of aromatic nitrogens is 2. The fraction of sp³-hybridized carbons (Fsp3) is 0.320. The summed E-state index contributed by atoms with van der Waals surface area (Å²) in [6, 6.07) is 19.1. The van der Waals surface area contributed by atoms with Crippen molar-refractivity contribution in [2.45, 2.75) is 31.0 Å². The van der Waals surface area contributed by atoms with Crippen molar-refractivity contribution in [2.75, 3.05) is 25.0 Å². The molecule has 2 fully saturated rings. The molecule has 0 bridgehead atoms. The van der Waals surface area contributed by atoms with Crippen molar-refractivity contribution in [3.63, 3.8) is 0 Å². The Morgan fingerprint density at radius 2 is 1.81 bits per heavy atom. The molecule has 164 valence electrons. The van der Waals surface area contributed by atoms with Crippen LogP contribution in [0.3, 0.4) is 0 Å². The predicted molar refractivity (Wildman–Crippen MR) is 121 cm³/mol. The minimum absolute atomic E-state index is 0.0348. The standard InChI is InChI=1S/C25H26N4O3/c30-23(19-6-4-7-20(16-19)28-24-26-12-5-13-27-24)29-14-10-25(11-15-29)17-22(18-31-25)32-21-8-2-1-3-9-21/h1-9,12-13,16,22H,10-11,14-15,17-18H2,(H,26,27,28)/t22-/m0/s1. The zero-order valence-electron chi connectivity index (χ0n) is 17.8. The molecule has 0 aliphatic carbocycles. The summed E-state index contributed by atoms with van der Waals surface area (Å²) in [6.45, 7) is 1.95. The Balaban J connectivity index is 1.18. The molecule has 2 aliphatic heterocycles. The maximum absolute atomic E-state index is 13.1. The zero-order chi connectivity index (χ0) is 21.8. The Morgan fingerprint density at radius 1 is 1.03 bits per heavy atom. The zero-order valence-corrected chi connectivity index (χ0v) is 17.8. The molecule has 2 aromatic carbocycles. The van der Waals surface area contributed by atoms with Gasteiger partial charge < -0.3 is 19.7 Å². The number of nitrogens with one attached hydrogen (secondary N) is 1. The van der Waals surface area contributed by atoms with E-state index < -0.39 is 0 Å². The predicted octanol–water partition coefficient (Wildman–Crippen LogP) is 4.06. The van der Waals surface area contributed by atoms with Crippen molar-refractivity contribution in [1.82, 2.24) is 14.9 Å². The molecule has 7 nitrogen and oxygen atoms in total. The topological polar surface area (TPSA) is 76.6 Å². The molecule has 1 atom stereocenters. The molecule has 5 rings (SSSR count). The van der Waals surface area contributed by atoms with Gasteiger partial charge >= 0.3 is 0 Å². The van der Waals surface area contributed by atoms with Crippen molar-refractivity contribution in [2.24, 2.45) is 0 Å². The second-order valence-corrected chi connectivity index (χ2v) is 8.32. The minimum atomic E-state index is -0.190. The lowest BCUT2D eigenvalue weighted by atomic mass is 9.87. The summed E-state index contributed by atoms with van der Waals surface area (Å²) in [5.74, 6) is 1.41. The normalized spacial score (nSPS) is 19.6. The van der Waals surface area contributed by atoms with Crippen molar-refractivity contribution in [1.29, 1.82) is 0 Å². The van der Waals surface area contributed by atoms with E-state index in [1.54, 1.807) is 18.5 Å². The Morgan fingerprint density at radius 3 is 2.59 bits per heavy atom. The summed E-state index contributed by atoms with van der Waals surface area (Å²) in [7, 11) is 0. The molecule has 1 spiro atoms. The smallest absolute Gasteiger partial charge is 0.253 e. The van der Waals surface area contributed by atoms with E-state index in [1.807, 2.05) is 59.5 Å². The van der Waals surface area contributed by atoms with Gasteiger partial charge in [-0.3, -0.25) is 4.79 Å². The third-order valence-electron chi connectivity index (χ3n) is 6.11. The van der Waals surface area contributed by atoms with Gasteiger partial charge in [0.15, 0.2) is 0 Å². The first kappa shape index (κ1) is 20.5. The van der Waals surface area contributed by atoms with Gasteiger partial charge in [-0.1, -0.05) is 24.3 Å². The second-order valence-electron chi connectivity index (χ2n) is 8.32. The number of para-hydroxylation sites is 1. The Hall–Kier alpha value is -3.45. The number of likely N-dealkylation sites (tertiary alicyclic amines) is 1. The summed E-state index contributed by atoms with van der Waals surface area (Å²) in [5, 5.41) is 3.14. The number of piperidine rings is 1. The van der Waals surface area contributed by atoms with Gasteiger partial charge in [-0.05, 0) is 49.2 Å². The van der Waals surface area contributed by atoms with Crippen LogP contribution < -0.4 is 10.1 Å². The van der Waals surface area contributed by atoms with E-state index in [2.05, 4.69) is 15.3 Å². The minimum Gasteiger partial charge on any atom is -0.488 e. The van der Waals surface area contributed by atoms with Crippen LogP contribution in [0, 0.1) is 0 Å². The van der Waals surface area contributed by atoms with Crippen LogP contribution in [0.1, 0.15) is 29.6 Å². The lowest BCUT2D eigenvalue weighted by Gasteiger charge is -2.38. The third kappa shape index (κ3) is 4.57. The molecule has 32 heavy (non-hydrogen) atoms. The molecular formula is C25H26N4O3. The van der Waals surface area contributed by atoms with Crippen LogP contribution in [0.5, 0.6) is 5.75 Å². The second kappa shape index (κ2) is 8.96. The molecule has 0 radical (unpaired) electrons. The van der Waals surface area contributed by atoms with E-state index in [-0.39, 0.29) is 17.6 Å². The summed E-state index contributed by atoms with van der Waals surface area (Å²) < 4.78 is 12.3. The fourth-order valence-electron chi connectivity index (χ4n) is 4.44. The molecular weight excluding hydrogens is 404 g/mol. The first-order valence-corrected chi connectivity index (χ1v) is 11.0. The molecule has 1 N–H and O–H groups in total. The van der Waals surface area contributed by atoms with Gasteiger partial charge in [0.25, 0.3) is 5.91 Å². The van der Waals surface area contributed by atoms with Crippen LogP contribution in [0.4, 0.5) is 11.6 Å². The number of benzene rings is 2. The van der Waals surface area contributed by atoms with Gasteiger partial charge in [0.1, 0.15) is 11.9 Å². The number of carbonyl (C=O) groups is 1. The lowest BCUT2D eigenvalue weighted by molar-refractivity contribution is -0.0395. The van der Waals surface area contributed by atoms with Crippen LogP contribution >= 0.6 is 0 Å². The van der Waals surface area contributed by atoms with Gasteiger partial charge in [0, 0.05) is 43.2 Å². The molecule has 3 aromatic rings. The maximum atomic E-state index is 13.1. The Labute approximate surface area is 187 Å². The Kier molecular flexibility index (Phi) is 5.73. The highest BCUT2D eigenvalue weighted by molar-refractivity contribution is 5.95. The molecule has 0 unspecified atom stereocenters. The van der Waals surface area contributed by atoms with Crippen LogP contribution in [0.25, 0.3) is 0 Å². The van der Waals surface area contributed by atoms with Crippen LogP contribution in [0.2, 0.25) is 0 Å². The lowest BCUT2D eigenvalue weighted by Crippen LogP contribution is -2.46. The average Bonchev–Trinajstić information content (AvgIpc) is 3.22. The average molecular weight is 431 g/mol. The first-order chi connectivity index (χ1) is 15.7. The largest absolute Gasteiger partial charge is 0.488 e. The number of carbonyl (C=O) groups excluding carboxylic acids is 1. The van der Waals surface area contributed by atoms with E-state index in [4.69, 9.17) is 9.47 Å². The van der Waals surface area contributed by atoms with Gasteiger partial charge in [0.2, 0.25) is 5.95 Å².